The second-order valence-corrected chi connectivity index (χ2v) is 5.53. The molecule has 0 aliphatic carbocycles. The molecule has 1 atom stereocenters. The van der Waals surface area contributed by atoms with E-state index >= 15 is 0 Å². The highest BCUT2D eigenvalue weighted by Crippen LogP contribution is 2.36. The summed E-state index contributed by atoms with van der Waals surface area (Å²) in [6, 6.07) is 5.89. The van der Waals surface area contributed by atoms with E-state index in [1.165, 1.54) is 0 Å². The Labute approximate surface area is 101 Å². The molecule has 0 aromatic heterocycles. The van der Waals surface area contributed by atoms with Crippen molar-refractivity contribution in [2.45, 2.75) is 38.5 Å². The lowest BCUT2D eigenvalue weighted by Gasteiger charge is -2.26. The van der Waals surface area contributed by atoms with Crippen LogP contribution in [0.1, 0.15) is 44.2 Å². The highest BCUT2D eigenvalue weighted by molar-refractivity contribution is 5.77. The van der Waals surface area contributed by atoms with Crippen molar-refractivity contribution in [3.05, 3.63) is 29.3 Å². The number of aliphatic carboxylic acids is 1. The van der Waals surface area contributed by atoms with E-state index in [0.29, 0.717) is 13.0 Å². The normalized spacial score (nSPS) is 19.4. The molecule has 0 bridgehead atoms. The first-order valence-electron chi connectivity index (χ1n) is 5.89. The maximum absolute atomic E-state index is 11.2. The summed E-state index contributed by atoms with van der Waals surface area (Å²) < 4.78 is 5.51. The molecule has 0 spiro atoms. The van der Waals surface area contributed by atoms with Crippen LogP contribution in [0.25, 0.3) is 0 Å². The van der Waals surface area contributed by atoms with Gasteiger partial charge in [0.15, 0.2) is 0 Å². The fraction of sp³-hybridized carbons (Fsp3) is 0.500. The SMILES string of the molecule is CC(C)(C)c1ccc2c(c1)C(C(=O)O)CCO2. The standard InChI is InChI=1S/C14H18O3/c1-14(2,3)9-4-5-12-11(8-9)10(13(15)16)6-7-17-12/h4-5,8,10H,6-7H2,1-3H3,(H,15,16). The minimum absolute atomic E-state index is 0.0233. The van der Waals surface area contributed by atoms with Crippen LogP contribution >= 0.6 is 0 Å². The van der Waals surface area contributed by atoms with Gasteiger partial charge in [0.1, 0.15) is 5.75 Å². The summed E-state index contributed by atoms with van der Waals surface area (Å²) in [6.45, 7) is 6.84. The molecule has 1 aliphatic rings. The Hall–Kier alpha value is -1.51. The smallest absolute Gasteiger partial charge is 0.311 e. The Balaban J connectivity index is 2.48. The fourth-order valence-corrected chi connectivity index (χ4v) is 2.12. The molecule has 0 saturated heterocycles. The first-order valence-corrected chi connectivity index (χ1v) is 5.89. The molecule has 0 saturated carbocycles. The van der Waals surface area contributed by atoms with E-state index in [4.69, 9.17) is 4.74 Å². The molecule has 92 valence electrons. The lowest BCUT2D eigenvalue weighted by atomic mass is 9.83. The third-order valence-corrected chi connectivity index (χ3v) is 3.21. The van der Waals surface area contributed by atoms with E-state index < -0.39 is 11.9 Å². The second-order valence-electron chi connectivity index (χ2n) is 5.53. The molecule has 2 rings (SSSR count). The van der Waals surface area contributed by atoms with Crippen LogP contribution in [0.15, 0.2) is 18.2 Å². The van der Waals surface area contributed by atoms with Crippen LogP contribution in [-0.2, 0) is 10.2 Å². The summed E-state index contributed by atoms with van der Waals surface area (Å²) >= 11 is 0. The van der Waals surface area contributed by atoms with Crippen LogP contribution in [-0.4, -0.2) is 17.7 Å². The highest BCUT2D eigenvalue weighted by atomic mass is 16.5. The average Bonchev–Trinajstić information content (AvgIpc) is 2.26. The number of ether oxygens (including phenoxy) is 1. The molecule has 1 heterocycles. The van der Waals surface area contributed by atoms with E-state index in [1.54, 1.807) is 0 Å². The van der Waals surface area contributed by atoms with Crippen molar-refractivity contribution in [2.24, 2.45) is 0 Å². The van der Waals surface area contributed by atoms with Crippen molar-refractivity contribution in [3.63, 3.8) is 0 Å². The van der Waals surface area contributed by atoms with Crippen molar-refractivity contribution in [2.75, 3.05) is 6.61 Å². The Morgan fingerprint density at radius 1 is 1.41 bits per heavy atom. The highest BCUT2D eigenvalue weighted by Gasteiger charge is 2.28. The molecule has 1 N–H and O–H groups in total. The van der Waals surface area contributed by atoms with Crippen LogP contribution in [0.5, 0.6) is 5.75 Å². The van der Waals surface area contributed by atoms with Gasteiger partial charge in [-0.1, -0.05) is 32.9 Å². The van der Waals surface area contributed by atoms with E-state index in [1.807, 2.05) is 18.2 Å². The number of benzene rings is 1. The molecule has 3 nitrogen and oxygen atoms in total. The first-order chi connectivity index (χ1) is 7.89. The zero-order valence-electron chi connectivity index (χ0n) is 10.5. The van der Waals surface area contributed by atoms with Crippen LogP contribution in [0.2, 0.25) is 0 Å². The average molecular weight is 234 g/mol. The number of rotatable bonds is 1. The molecule has 17 heavy (non-hydrogen) atoms. The summed E-state index contributed by atoms with van der Waals surface area (Å²) in [5.41, 5.74) is 1.99. The van der Waals surface area contributed by atoms with Crippen LogP contribution in [0.4, 0.5) is 0 Å². The first kappa shape index (κ1) is 12.0. The lowest BCUT2D eigenvalue weighted by Crippen LogP contribution is -2.22. The summed E-state index contributed by atoms with van der Waals surface area (Å²) in [7, 11) is 0. The summed E-state index contributed by atoms with van der Waals surface area (Å²) in [5, 5.41) is 9.22. The number of carbonyl (C=O) groups is 1. The molecular formula is C14H18O3. The minimum Gasteiger partial charge on any atom is -0.493 e. The Morgan fingerprint density at radius 2 is 2.12 bits per heavy atom. The minimum atomic E-state index is -0.763. The van der Waals surface area contributed by atoms with Gasteiger partial charge in [-0.05, 0) is 23.5 Å². The predicted molar refractivity (Wildman–Crippen MR) is 65.6 cm³/mol. The third-order valence-electron chi connectivity index (χ3n) is 3.21. The van der Waals surface area contributed by atoms with Gasteiger partial charge in [0.05, 0.1) is 12.5 Å². The van der Waals surface area contributed by atoms with Gasteiger partial charge in [0.2, 0.25) is 0 Å². The van der Waals surface area contributed by atoms with E-state index in [2.05, 4.69) is 20.8 Å². The zero-order chi connectivity index (χ0) is 12.6. The number of fused-ring (bicyclic) bond motifs is 1. The Bertz CT molecular complexity index is 443. The molecule has 1 aliphatic heterocycles. The van der Waals surface area contributed by atoms with Gasteiger partial charge in [0.25, 0.3) is 0 Å². The third kappa shape index (κ3) is 2.28. The Kier molecular flexibility index (Phi) is 2.86. The largest absolute Gasteiger partial charge is 0.493 e. The van der Waals surface area contributed by atoms with Crippen molar-refractivity contribution in [1.82, 2.24) is 0 Å². The number of carboxylic acids is 1. The predicted octanol–water partition coefficient (Wildman–Crippen LogP) is 2.93. The number of hydrogen-bond acceptors (Lipinski definition) is 2. The second kappa shape index (κ2) is 4.06. The van der Waals surface area contributed by atoms with Crippen molar-refractivity contribution in [1.29, 1.82) is 0 Å². The number of hydrogen-bond donors (Lipinski definition) is 1. The molecule has 0 fully saturated rings. The quantitative estimate of drug-likeness (QED) is 0.812. The molecule has 1 aromatic carbocycles. The van der Waals surface area contributed by atoms with Gasteiger partial charge in [-0.3, -0.25) is 4.79 Å². The summed E-state index contributed by atoms with van der Waals surface area (Å²) in [5.74, 6) is -0.474. The van der Waals surface area contributed by atoms with Crippen molar-refractivity contribution in [3.8, 4) is 5.75 Å². The number of carboxylic acid groups (broad SMARTS) is 1. The van der Waals surface area contributed by atoms with Gasteiger partial charge >= 0.3 is 5.97 Å². The van der Waals surface area contributed by atoms with Gasteiger partial charge in [-0.2, -0.15) is 0 Å². The van der Waals surface area contributed by atoms with E-state index in [-0.39, 0.29) is 5.41 Å². The molecule has 0 radical (unpaired) electrons. The maximum atomic E-state index is 11.2. The fourth-order valence-electron chi connectivity index (χ4n) is 2.12. The van der Waals surface area contributed by atoms with Gasteiger partial charge < -0.3 is 9.84 Å². The van der Waals surface area contributed by atoms with Gasteiger partial charge in [0, 0.05) is 5.56 Å². The van der Waals surface area contributed by atoms with Gasteiger partial charge in [-0.15, -0.1) is 0 Å². The van der Waals surface area contributed by atoms with Crippen LogP contribution in [0, 0.1) is 0 Å². The van der Waals surface area contributed by atoms with Crippen LogP contribution < -0.4 is 4.74 Å². The molecule has 3 heteroatoms. The topological polar surface area (TPSA) is 46.5 Å². The van der Waals surface area contributed by atoms with Gasteiger partial charge in [-0.25, -0.2) is 0 Å². The monoisotopic (exact) mass is 234 g/mol. The van der Waals surface area contributed by atoms with E-state index in [0.717, 1.165) is 16.9 Å². The maximum Gasteiger partial charge on any atom is 0.311 e. The summed E-state index contributed by atoms with van der Waals surface area (Å²) in [4.78, 5) is 11.2. The molecule has 0 amide bonds. The molecule has 1 unspecified atom stereocenters. The van der Waals surface area contributed by atoms with E-state index in [9.17, 15) is 9.90 Å². The van der Waals surface area contributed by atoms with Crippen molar-refractivity contribution >= 4 is 5.97 Å². The zero-order valence-corrected chi connectivity index (χ0v) is 10.5. The summed E-state index contributed by atoms with van der Waals surface area (Å²) in [6.07, 6.45) is 0.552. The molecular weight excluding hydrogens is 216 g/mol. The molecule has 1 aromatic rings. The lowest BCUT2D eigenvalue weighted by molar-refractivity contribution is -0.139. The van der Waals surface area contributed by atoms with Crippen LogP contribution in [0.3, 0.4) is 0 Å². The Morgan fingerprint density at radius 3 is 2.71 bits per heavy atom. The van der Waals surface area contributed by atoms with Crippen molar-refractivity contribution < 1.29 is 14.6 Å².